The Kier molecular flexibility index (Phi) is 6.89. The average Bonchev–Trinajstić information content (AvgIpc) is 2.40. The Labute approximate surface area is 119 Å². The van der Waals surface area contributed by atoms with Crippen molar-refractivity contribution in [3.05, 3.63) is 29.8 Å². The lowest BCUT2D eigenvalue weighted by Crippen LogP contribution is -2.29. The Hall–Kier alpha value is -1.62. The van der Waals surface area contributed by atoms with Crippen LogP contribution in [-0.4, -0.2) is 24.2 Å². The summed E-state index contributed by atoms with van der Waals surface area (Å²) in [4.78, 5) is 11.8. The molecule has 1 rings (SSSR count). The Morgan fingerprint density at radius 2 is 2.05 bits per heavy atom. The van der Waals surface area contributed by atoms with Crippen molar-refractivity contribution in [1.29, 1.82) is 0 Å². The fraction of sp³-hybridized carbons (Fsp3) is 0.429. The van der Waals surface area contributed by atoms with E-state index in [1.54, 1.807) is 25.1 Å². The van der Waals surface area contributed by atoms with Gasteiger partial charge in [0.25, 0.3) is 0 Å². The summed E-state index contributed by atoms with van der Waals surface area (Å²) >= 11 is 5.19. The number of thiocarbonyl (C=S) groups is 1. The minimum Gasteiger partial charge on any atom is -0.462 e. The zero-order valence-electron chi connectivity index (χ0n) is 11.4. The van der Waals surface area contributed by atoms with Gasteiger partial charge in [0.05, 0.1) is 17.9 Å². The third-order valence-corrected chi connectivity index (χ3v) is 2.73. The van der Waals surface area contributed by atoms with E-state index in [-0.39, 0.29) is 5.97 Å². The van der Waals surface area contributed by atoms with Gasteiger partial charge in [-0.25, -0.2) is 4.79 Å². The highest BCUT2D eigenvalue weighted by Gasteiger charge is 2.12. The van der Waals surface area contributed by atoms with Crippen LogP contribution in [0.4, 0.5) is 5.69 Å². The quantitative estimate of drug-likeness (QED) is 0.477. The van der Waals surface area contributed by atoms with Crippen LogP contribution in [0.1, 0.15) is 37.0 Å². The first-order chi connectivity index (χ1) is 9.19. The van der Waals surface area contributed by atoms with Crippen LogP contribution in [0.2, 0.25) is 0 Å². The first-order valence-electron chi connectivity index (χ1n) is 6.50. The fourth-order valence-corrected chi connectivity index (χ4v) is 1.74. The molecule has 0 saturated carbocycles. The van der Waals surface area contributed by atoms with E-state index in [0.29, 0.717) is 23.0 Å². The molecule has 1 aromatic rings. The highest BCUT2D eigenvalue weighted by atomic mass is 32.1. The molecule has 0 amide bonds. The molecule has 0 heterocycles. The van der Waals surface area contributed by atoms with Crippen molar-refractivity contribution in [3.8, 4) is 0 Å². The van der Waals surface area contributed by atoms with Crippen molar-refractivity contribution in [1.82, 2.24) is 5.32 Å². The normalized spacial score (nSPS) is 9.79. The molecule has 0 atom stereocenters. The lowest BCUT2D eigenvalue weighted by Gasteiger charge is -2.13. The molecular formula is C14H20N2O2S. The van der Waals surface area contributed by atoms with Crippen molar-refractivity contribution in [2.45, 2.75) is 26.7 Å². The molecular weight excluding hydrogens is 260 g/mol. The average molecular weight is 280 g/mol. The molecule has 2 N–H and O–H groups in total. The Balaban J connectivity index is 2.67. The number of benzene rings is 1. The van der Waals surface area contributed by atoms with Crippen molar-refractivity contribution in [3.63, 3.8) is 0 Å². The smallest absolute Gasteiger partial charge is 0.340 e. The second-order valence-electron chi connectivity index (χ2n) is 4.00. The summed E-state index contributed by atoms with van der Waals surface area (Å²) in [5.74, 6) is -0.345. The molecule has 0 aliphatic heterocycles. The maximum atomic E-state index is 11.8. The zero-order chi connectivity index (χ0) is 14.1. The van der Waals surface area contributed by atoms with E-state index in [1.807, 2.05) is 6.07 Å². The van der Waals surface area contributed by atoms with E-state index in [2.05, 4.69) is 17.6 Å². The highest BCUT2D eigenvalue weighted by Crippen LogP contribution is 2.16. The lowest BCUT2D eigenvalue weighted by atomic mass is 10.2. The van der Waals surface area contributed by atoms with Crippen LogP contribution in [0.5, 0.6) is 0 Å². The first-order valence-corrected chi connectivity index (χ1v) is 6.90. The number of carbonyl (C=O) groups excluding carboxylic acids is 1. The number of unbranched alkanes of at least 4 members (excludes halogenated alkanes) is 1. The number of hydrogen-bond acceptors (Lipinski definition) is 3. The number of ether oxygens (including phenoxy) is 1. The SMILES string of the molecule is CCCCNC(=S)Nc1ccccc1C(=O)OCC. The molecule has 0 radical (unpaired) electrons. The molecule has 0 unspecified atom stereocenters. The summed E-state index contributed by atoms with van der Waals surface area (Å²) < 4.78 is 5.01. The maximum absolute atomic E-state index is 11.8. The van der Waals surface area contributed by atoms with Crippen molar-refractivity contribution in [2.75, 3.05) is 18.5 Å². The Morgan fingerprint density at radius 3 is 2.74 bits per heavy atom. The highest BCUT2D eigenvalue weighted by molar-refractivity contribution is 7.80. The van der Waals surface area contributed by atoms with Gasteiger partial charge < -0.3 is 15.4 Å². The van der Waals surface area contributed by atoms with Crippen LogP contribution in [0, 0.1) is 0 Å². The summed E-state index contributed by atoms with van der Waals surface area (Å²) in [6.45, 7) is 5.08. The van der Waals surface area contributed by atoms with E-state index in [4.69, 9.17) is 17.0 Å². The largest absolute Gasteiger partial charge is 0.462 e. The molecule has 0 bridgehead atoms. The van der Waals surface area contributed by atoms with E-state index >= 15 is 0 Å². The monoisotopic (exact) mass is 280 g/mol. The maximum Gasteiger partial charge on any atom is 0.340 e. The predicted molar refractivity (Wildman–Crippen MR) is 81.5 cm³/mol. The van der Waals surface area contributed by atoms with E-state index in [1.165, 1.54) is 0 Å². The van der Waals surface area contributed by atoms with E-state index < -0.39 is 0 Å². The zero-order valence-corrected chi connectivity index (χ0v) is 12.2. The third-order valence-electron chi connectivity index (χ3n) is 2.49. The Morgan fingerprint density at radius 1 is 1.32 bits per heavy atom. The molecule has 1 aromatic carbocycles. The number of anilines is 1. The van der Waals surface area contributed by atoms with Crippen LogP contribution in [0.15, 0.2) is 24.3 Å². The minimum absolute atomic E-state index is 0.345. The molecule has 0 aromatic heterocycles. The number of para-hydroxylation sites is 1. The van der Waals surface area contributed by atoms with Crippen molar-refractivity contribution < 1.29 is 9.53 Å². The van der Waals surface area contributed by atoms with Crippen LogP contribution in [-0.2, 0) is 4.74 Å². The molecule has 0 aliphatic rings. The third kappa shape index (κ3) is 5.26. The number of esters is 1. The molecule has 0 aliphatic carbocycles. The van der Waals surface area contributed by atoms with Gasteiger partial charge in [-0.05, 0) is 37.7 Å². The van der Waals surface area contributed by atoms with Gasteiger partial charge in [0, 0.05) is 6.54 Å². The van der Waals surface area contributed by atoms with E-state index in [0.717, 1.165) is 19.4 Å². The van der Waals surface area contributed by atoms with Gasteiger partial charge in [-0.2, -0.15) is 0 Å². The fourth-order valence-electron chi connectivity index (χ4n) is 1.52. The standard InChI is InChI=1S/C14H20N2O2S/c1-3-5-10-15-14(19)16-12-9-7-6-8-11(12)13(17)18-4-2/h6-9H,3-5,10H2,1-2H3,(H2,15,16,19). The summed E-state index contributed by atoms with van der Waals surface area (Å²) in [5, 5.41) is 6.65. The number of nitrogens with one attached hydrogen (secondary N) is 2. The number of rotatable bonds is 6. The van der Waals surface area contributed by atoms with Gasteiger partial charge in [0.2, 0.25) is 0 Å². The molecule has 0 saturated heterocycles. The van der Waals surface area contributed by atoms with Crippen molar-refractivity contribution >= 4 is 29.0 Å². The van der Waals surface area contributed by atoms with Gasteiger partial charge in [0.1, 0.15) is 0 Å². The molecule has 19 heavy (non-hydrogen) atoms. The topological polar surface area (TPSA) is 50.4 Å². The molecule has 104 valence electrons. The Bertz CT molecular complexity index is 435. The van der Waals surface area contributed by atoms with Gasteiger partial charge in [-0.3, -0.25) is 0 Å². The lowest BCUT2D eigenvalue weighted by molar-refractivity contribution is 0.0527. The molecule has 0 fully saturated rings. The molecule has 4 nitrogen and oxygen atoms in total. The summed E-state index contributed by atoms with van der Waals surface area (Å²) in [6.07, 6.45) is 2.16. The van der Waals surface area contributed by atoms with Crippen LogP contribution in [0.3, 0.4) is 0 Å². The summed E-state index contributed by atoms with van der Waals surface area (Å²) in [6, 6.07) is 7.17. The van der Waals surface area contributed by atoms with Crippen LogP contribution in [0.25, 0.3) is 0 Å². The van der Waals surface area contributed by atoms with E-state index in [9.17, 15) is 4.79 Å². The van der Waals surface area contributed by atoms with Crippen LogP contribution < -0.4 is 10.6 Å². The summed E-state index contributed by atoms with van der Waals surface area (Å²) in [5.41, 5.74) is 1.15. The minimum atomic E-state index is -0.345. The predicted octanol–water partition coefficient (Wildman–Crippen LogP) is 2.95. The molecule has 0 spiro atoms. The van der Waals surface area contributed by atoms with Gasteiger partial charge >= 0.3 is 5.97 Å². The van der Waals surface area contributed by atoms with Crippen LogP contribution >= 0.6 is 12.2 Å². The first kappa shape index (κ1) is 15.4. The van der Waals surface area contributed by atoms with Crippen molar-refractivity contribution in [2.24, 2.45) is 0 Å². The second kappa shape index (κ2) is 8.48. The number of carbonyl (C=O) groups is 1. The van der Waals surface area contributed by atoms with Gasteiger partial charge in [-0.1, -0.05) is 25.5 Å². The van der Waals surface area contributed by atoms with Gasteiger partial charge in [-0.15, -0.1) is 0 Å². The summed E-state index contributed by atoms with van der Waals surface area (Å²) in [7, 11) is 0. The number of hydrogen-bond donors (Lipinski definition) is 2. The molecule has 5 heteroatoms. The van der Waals surface area contributed by atoms with Gasteiger partial charge in [0.15, 0.2) is 5.11 Å². The second-order valence-corrected chi connectivity index (χ2v) is 4.41.